The lowest BCUT2D eigenvalue weighted by Crippen LogP contribution is -2.08. The Bertz CT molecular complexity index is 321. The molecule has 0 saturated carbocycles. The molecule has 76 valence electrons. The Hall–Kier alpha value is -0.540. The van der Waals surface area contributed by atoms with E-state index in [1.807, 2.05) is 6.07 Å². The van der Waals surface area contributed by atoms with Crippen molar-refractivity contribution in [1.82, 2.24) is 5.32 Å². The first-order chi connectivity index (χ1) is 6.83. The average Bonchev–Trinajstić information content (AvgIpc) is 2.70. The van der Waals surface area contributed by atoms with Gasteiger partial charge in [0.15, 0.2) is 0 Å². The van der Waals surface area contributed by atoms with E-state index in [4.69, 9.17) is 4.74 Å². The molecule has 2 nitrogen and oxygen atoms in total. The summed E-state index contributed by atoms with van der Waals surface area (Å²) in [5.74, 6) is 1.59. The highest BCUT2D eigenvalue weighted by atomic mass is 79.9. The number of benzene rings is 1. The van der Waals surface area contributed by atoms with Gasteiger partial charge in [0.05, 0.1) is 11.6 Å². The largest absolute Gasteiger partial charge is 0.495 e. The van der Waals surface area contributed by atoms with E-state index in [0.29, 0.717) is 5.92 Å². The Morgan fingerprint density at radius 1 is 1.50 bits per heavy atom. The molecule has 1 aliphatic heterocycles. The molecule has 1 aromatic carbocycles. The van der Waals surface area contributed by atoms with Crippen LogP contribution in [0.5, 0.6) is 5.75 Å². The van der Waals surface area contributed by atoms with Gasteiger partial charge in [0, 0.05) is 12.5 Å². The highest BCUT2D eigenvalue weighted by molar-refractivity contribution is 9.10. The van der Waals surface area contributed by atoms with Crippen molar-refractivity contribution in [2.45, 2.75) is 12.3 Å². The maximum Gasteiger partial charge on any atom is 0.136 e. The minimum Gasteiger partial charge on any atom is -0.495 e. The number of nitrogens with one attached hydrogen (secondary N) is 1. The van der Waals surface area contributed by atoms with E-state index < -0.39 is 0 Å². The molecule has 0 aromatic heterocycles. The average molecular weight is 256 g/mol. The Balaban J connectivity index is 2.35. The summed E-state index contributed by atoms with van der Waals surface area (Å²) in [6.07, 6.45) is 1.20. The summed E-state index contributed by atoms with van der Waals surface area (Å²) >= 11 is 3.51. The van der Waals surface area contributed by atoms with E-state index >= 15 is 0 Å². The van der Waals surface area contributed by atoms with Crippen LogP contribution in [0.2, 0.25) is 0 Å². The van der Waals surface area contributed by atoms with Gasteiger partial charge in [0.25, 0.3) is 0 Å². The Labute approximate surface area is 92.8 Å². The van der Waals surface area contributed by atoms with Crippen LogP contribution >= 0.6 is 15.9 Å². The first kappa shape index (κ1) is 9.99. The highest BCUT2D eigenvalue weighted by Crippen LogP contribution is 2.35. The molecule has 1 saturated heterocycles. The van der Waals surface area contributed by atoms with E-state index in [-0.39, 0.29) is 0 Å². The van der Waals surface area contributed by atoms with Gasteiger partial charge in [0.2, 0.25) is 0 Å². The van der Waals surface area contributed by atoms with E-state index in [2.05, 4.69) is 33.4 Å². The van der Waals surface area contributed by atoms with Crippen LogP contribution in [0.15, 0.2) is 22.7 Å². The van der Waals surface area contributed by atoms with Crippen molar-refractivity contribution in [1.29, 1.82) is 0 Å². The first-order valence-corrected chi connectivity index (χ1v) is 5.65. The van der Waals surface area contributed by atoms with Crippen molar-refractivity contribution in [3.63, 3.8) is 0 Å². The van der Waals surface area contributed by atoms with E-state index in [0.717, 1.165) is 23.3 Å². The topological polar surface area (TPSA) is 21.3 Å². The third kappa shape index (κ3) is 1.79. The summed E-state index contributed by atoms with van der Waals surface area (Å²) < 4.78 is 6.46. The molecular weight excluding hydrogens is 242 g/mol. The number of para-hydroxylation sites is 1. The maximum absolute atomic E-state index is 5.41. The van der Waals surface area contributed by atoms with Crippen LogP contribution in [0.4, 0.5) is 0 Å². The second kappa shape index (κ2) is 4.32. The maximum atomic E-state index is 5.41. The molecule has 1 heterocycles. The first-order valence-electron chi connectivity index (χ1n) is 4.86. The molecule has 0 bridgehead atoms. The molecule has 2 rings (SSSR count). The zero-order valence-electron chi connectivity index (χ0n) is 8.22. The van der Waals surface area contributed by atoms with Crippen LogP contribution in [0.1, 0.15) is 17.9 Å². The molecule has 1 fully saturated rings. The molecule has 14 heavy (non-hydrogen) atoms. The predicted molar refractivity (Wildman–Crippen MR) is 60.9 cm³/mol. The van der Waals surface area contributed by atoms with Crippen molar-refractivity contribution in [2.75, 3.05) is 20.2 Å². The molecule has 0 aliphatic carbocycles. The second-order valence-corrected chi connectivity index (χ2v) is 4.41. The lowest BCUT2D eigenvalue weighted by molar-refractivity contribution is 0.403. The van der Waals surface area contributed by atoms with Crippen LogP contribution in [-0.2, 0) is 0 Å². The van der Waals surface area contributed by atoms with Gasteiger partial charge in [-0.2, -0.15) is 0 Å². The minimum atomic E-state index is 0.599. The fourth-order valence-corrected chi connectivity index (χ4v) is 2.53. The van der Waals surface area contributed by atoms with Crippen LogP contribution in [0.25, 0.3) is 0 Å². The van der Waals surface area contributed by atoms with Gasteiger partial charge in [-0.15, -0.1) is 0 Å². The van der Waals surface area contributed by atoms with E-state index in [1.54, 1.807) is 7.11 Å². The third-order valence-corrected chi connectivity index (χ3v) is 3.33. The molecule has 1 N–H and O–H groups in total. The van der Waals surface area contributed by atoms with Gasteiger partial charge >= 0.3 is 0 Å². The van der Waals surface area contributed by atoms with Gasteiger partial charge in [-0.05, 0) is 40.5 Å². The van der Waals surface area contributed by atoms with Crippen LogP contribution in [0.3, 0.4) is 0 Å². The fraction of sp³-hybridized carbons (Fsp3) is 0.455. The summed E-state index contributed by atoms with van der Waals surface area (Å²) in [7, 11) is 1.73. The van der Waals surface area contributed by atoms with Crippen molar-refractivity contribution in [2.24, 2.45) is 0 Å². The quantitative estimate of drug-likeness (QED) is 0.877. The molecule has 0 radical (unpaired) electrons. The molecule has 0 unspecified atom stereocenters. The number of methoxy groups -OCH3 is 1. The third-order valence-electron chi connectivity index (χ3n) is 2.70. The van der Waals surface area contributed by atoms with Crippen molar-refractivity contribution in [3.8, 4) is 5.75 Å². The monoisotopic (exact) mass is 255 g/mol. The summed E-state index contributed by atoms with van der Waals surface area (Å²) in [6, 6.07) is 6.24. The SMILES string of the molecule is COc1c(Br)cccc1[C@@H]1CCNC1. The van der Waals surface area contributed by atoms with Gasteiger partial charge in [-0.1, -0.05) is 12.1 Å². The van der Waals surface area contributed by atoms with Crippen LogP contribution < -0.4 is 10.1 Å². The van der Waals surface area contributed by atoms with Crippen LogP contribution in [-0.4, -0.2) is 20.2 Å². The fourth-order valence-electron chi connectivity index (χ4n) is 1.98. The van der Waals surface area contributed by atoms with Gasteiger partial charge in [-0.25, -0.2) is 0 Å². The van der Waals surface area contributed by atoms with Crippen molar-refractivity contribution >= 4 is 15.9 Å². The number of ether oxygens (including phenoxy) is 1. The Morgan fingerprint density at radius 2 is 2.36 bits per heavy atom. The van der Waals surface area contributed by atoms with E-state index in [1.165, 1.54) is 12.0 Å². The molecule has 3 heteroatoms. The summed E-state index contributed by atoms with van der Waals surface area (Å²) in [6.45, 7) is 2.17. The molecule has 1 atom stereocenters. The molecule has 0 amide bonds. The number of rotatable bonds is 2. The Kier molecular flexibility index (Phi) is 3.08. The zero-order valence-corrected chi connectivity index (χ0v) is 9.80. The Morgan fingerprint density at radius 3 is 3.00 bits per heavy atom. The predicted octanol–water partition coefficient (Wildman–Crippen LogP) is 2.53. The van der Waals surface area contributed by atoms with E-state index in [9.17, 15) is 0 Å². The van der Waals surface area contributed by atoms with Crippen molar-refractivity contribution in [3.05, 3.63) is 28.2 Å². The lowest BCUT2D eigenvalue weighted by atomic mass is 9.97. The molecule has 1 aromatic rings. The summed E-state index contributed by atoms with van der Waals surface area (Å²) in [5, 5.41) is 3.37. The summed E-state index contributed by atoms with van der Waals surface area (Å²) in [4.78, 5) is 0. The second-order valence-electron chi connectivity index (χ2n) is 3.55. The highest BCUT2D eigenvalue weighted by Gasteiger charge is 2.20. The van der Waals surface area contributed by atoms with Gasteiger partial charge in [-0.3, -0.25) is 0 Å². The standard InChI is InChI=1S/C11H14BrNO/c1-14-11-9(3-2-4-10(11)12)8-5-6-13-7-8/h2-4,8,13H,5-7H2,1H3/t8-/m1/s1. The zero-order chi connectivity index (χ0) is 9.97. The molecule has 1 aliphatic rings. The smallest absolute Gasteiger partial charge is 0.136 e. The normalized spacial score (nSPS) is 21.1. The minimum absolute atomic E-state index is 0.599. The molecule has 0 spiro atoms. The van der Waals surface area contributed by atoms with Gasteiger partial charge < -0.3 is 10.1 Å². The van der Waals surface area contributed by atoms with Gasteiger partial charge in [0.1, 0.15) is 5.75 Å². The van der Waals surface area contributed by atoms with Crippen LogP contribution in [0, 0.1) is 0 Å². The number of hydrogen-bond acceptors (Lipinski definition) is 2. The lowest BCUT2D eigenvalue weighted by Gasteiger charge is -2.14. The molecular formula is C11H14BrNO. The van der Waals surface area contributed by atoms with Crippen molar-refractivity contribution < 1.29 is 4.74 Å². The number of halogens is 1. The number of hydrogen-bond donors (Lipinski definition) is 1. The summed E-state index contributed by atoms with van der Waals surface area (Å²) in [5.41, 5.74) is 1.31.